The van der Waals surface area contributed by atoms with Gasteiger partial charge in [-0.2, -0.15) is 0 Å². The number of ether oxygens (including phenoxy) is 2. The second kappa shape index (κ2) is 34.6. The fraction of sp³-hybridized carbons (Fsp3) is 0.846. The van der Waals surface area contributed by atoms with E-state index in [0.717, 1.165) is 116 Å². The molecule has 0 bridgehead atoms. The molecule has 3 atom stereocenters. The summed E-state index contributed by atoms with van der Waals surface area (Å²) in [4.78, 5) is 23.9. The third kappa shape index (κ3) is 33.7. The molecule has 0 radical (unpaired) electrons. The molecule has 270 valence electrons. The van der Waals surface area contributed by atoms with Crippen LogP contribution in [0.2, 0.25) is 0 Å². The fourth-order valence-corrected chi connectivity index (χ4v) is 5.29. The Balaban J connectivity index is 3.54. The summed E-state index contributed by atoms with van der Waals surface area (Å²) in [6.07, 6.45) is 32.8. The first-order valence-electron chi connectivity index (χ1n) is 19.0. The number of aliphatic hydroxyl groups is 3. The van der Waals surface area contributed by atoms with Crippen LogP contribution in [0.3, 0.4) is 0 Å². The van der Waals surface area contributed by atoms with Crippen molar-refractivity contribution >= 4 is 11.9 Å². The molecular formula is C39H72O7. The normalized spacial score (nSPS) is 13.8. The fourth-order valence-electron chi connectivity index (χ4n) is 5.29. The molecule has 0 aliphatic heterocycles. The van der Waals surface area contributed by atoms with Crippen LogP contribution in [0, 0.1) is 0 Å². The molecule has 0 rings (SSSR count). The highest BCUT2D eigenvalue weighted by Crippen LogP contribution is 2.13. The maximum atomic E-state index is 11.9. The highest BCUT2D eigenvalue weighted by molar-refractivity contribution is 5.69. The lowest BCUT2D eigenvalue weighted by Gasteiger charge is -2.12. The van der Waals surface area contributed by atoms with E-state index in [4.69, 9.17) is 9.47 Å². The Labute approximate surface area is 282 Å². The van der Waals surface area contributed by atoms with Gasteiger partial charge < -0.3 is 24.8 Å². The number of hydrogen-bond acceptors (Lipinski definition) is 7. The second-order valence-electron chi connectivity index (χ2n) is 13.1. The minimum absolute atomic E-state index is 0.155. The Bertz CT molecular complexity index is 676. The van der Waals surface area contributed by atoms with Crippen molar-refractivity contribution in [1.82, 2.24) is 0 Å². The van der Waals surface area contributed by atoms with Crippen LogP contribution >= 0.6 is 0 Å². The van der Waals surface area contributed by atoms with Crippen molar-refractivity contribution in [3.05, 3.63) is 24.3 Å². The third-order valence-corrected chi connectivity index (χ3v) is 8.31. The van der Waals surface area contributed by atoms with Gasteiger partial charge >= 0.3 is 11.9 Å². The average Bonchev–Trinajstić information content (AvgIpc) is 3.04. The van der Waals surface area contributed by atoms with Crippen LogP contribution in [0.1, 0.15) is 181 Å². The van der Waals surface area contributed by atoms with Gasteiger partial charge in [-0.05, 0) is 64.2 Å². The number of carbonyl (C=O) groups excluding carboxylic acids is 2. The molecule has 0 saturated carbocycles. The van der Waals surface area contributed by atoms with Crippen LogP contribution in [0.4, 0.5) is 0 Å². The molecule has 0 heterocycles. The molecule has 46 heavy (non-hydrogen) atoms. The van der Waals surface area contributed by atoms with Crippen LogP contribution < -0.4 is 0 Å². The lowest BCUT2D eigenvalue weighted by Crippen LogP contribution is -2.25. The Morgan fingerprint density at radius 1 is 0.478 bits per heavy atom. The summed E-state index contributed by atoms with van der Waals surface area (Å²) in [6, 6.07) is 0. The van der Waals surface area contributed by atoms with Gasteiger partial charge in [0.1, 0.15) is 19.3 Å². The molecule has 0 aliphatic carbocycles. The molecule has 0 aromatic rings. The van der Waals surface area contributed by atoms with Crippen molar-refractivity contribution in [2.75, 3.05) is 13.2 Å². The van der Waals surface area contributed by atoms with E-state index in [1.807, 2.05) is 0 Å². The summed E-state index contributed by atoms with van der Waals surface area (Å²) in [5.41, 5.74) is 0. The first-order chi connectivity index (χ1) is 22.4. The lowest BCUT2D eigenvalue weighted by molar-refractivity contribution is -0.152. The van der Waals surface area contributed by atoms with Gasteiger partial charge in [0.15, 0.2) is 0 Å². The zero-order chi connectivity index (χ0) is 33.9. The molecule has 0 aromatic carbocycles. The zero-order valence-corrected chi connectivity index (χ0v) is 29.8. The Morgan fingerprint density at radius 3 is 1.26 bits per heavy atom. The summed E-state index contributed by atoms with van der Waals surface area (Å²) in [7, 11) is 0. The quantitative estimate of drug-likeness (QED) is 0.0360. The van der Waals surface area contributed by atoms with Crippen LogP contribution in [0.5, 0.6) is 0 Å². The lowest BCUT2D eigenvalue weighted by atomic mass is 10.1. The smallest absolute Gasteiger partial charge is 0.305 e. The van der Waals surface area contributed by atoms with E-state index in [1.165, 1.54) is 38.5 Å². The van der Waals surface area contributed by atoms with Gasteiger partial charge in [0.25, 0.3) is 0 Å². The Kier molecular flexibility index (Phi) is 33.3. The molecule has 0 aliphatic rings. The number of aliphatic hydroxyl groups excluding tert-OH is 3. The Hall–Kier alpha value is -1.70. The molecule has 1 unspecified atom stereocenters. The Morgan fingerprint density at radius 2 is 0.848 bits per heavy atom. The van der Waals surface area contributed by atoms with Gasteiger partial charge in [-0.1, -0.05) is 128 Å². The first kappa shape index (κ1) is 44.3. The van der Waals surface area contributed by atoms with Gasteiger partial charge in [-0.25, -0.2) is 0 Å². The van der Waals surface area contributed by atoms with Crippen molar-refractivity contribution in [3.8, 4) is 0 Å². The van der Waals surface area contributed by atoms with Gasteiger partial charge in [0, 0.05) is 12.8 Å². The molecular weight excluding hydrogens is 580 g/mol. The predicted octanol–water partition coefficient (Wildman–Crippen LogP) is 9.45. The van der Waals surface area contributed by atoms with Crippen molar-refractivity contribution in [1.29, 1.82) is 0 Å². The van der Waals surface area contributed by atoms with Crippen LogP contribution in [-0.4, -0.2) is 58.8 Å². The number of rotatable bonds is 34. The minimum atomic E-state index is -1.00. The highest BCUT2D eigenvalue weighted by Gasteiger charge is 2.12. The summed E-state index contributed by atoms with van der Waals surface area (Å²) < 4.78 is 10.3. The molecule has 0 aromatic heterocycles. The molecule has 0 fully saturated rings. The molecule has 7 heteroatoms. The van der Waals surface area contributed by atoms with Gasteiger partial charge in [-0.3, -0.25) is 9.59 Å². The highest BCUT2D eigenvalue weighted by atomic mass is 16.6. The maximum Gasteiger partial charge on any atom is 0.305 e. The summed E-state index contributed by atoms with van der Waals surface area (Å²) >= 11 is 0. The number of allylic oxidation sites excluding steroid dienone is 2. The van der Waals surface area contributed by atoms with E-state index in [2.05, 4.69) is 38.2 Å². The van der Waals surface area contributed by atoms with Crippen molar-refractivity contribution in [2.24, 2.45) is 0 Å². The van der Waals surface area contributed by atoms with E-state index in [0.29, 0.717) is 12.8 Å². The summed E-state index contributed by atoms with van der Waals surface area (Å²) in [5, 5.41) is 30.0. The number of esters is 2. The first-order valence-corrected chi connectivity index (χ1v) is 19.0. The van der Waals surface area contributed by atoms with E-state index < -0.39 is 6.10 Å². The van der Waals surface area contributed by atoms with E-state index in [9.17, 15) is 24.9 Å². The molecule has 0 spiro atoms. The van der Waals surface area contributed by atoms with Crippen molar-refractivity contribution in [2.45, 2.75) is 199 Å². The summed E-state index contributed by atoms with van der Waals surface area (Å²) in [6.45, 7) is 4.08. The molecule has 0 saturated heterocycles. The van der Waals surface area contributed by atoms with E-state index >= 15 is 0 Å². The van der Waals surface area contributed by atoms with Crippen molar-refractivity contribution in [3.63, 3.8) is 0 Å². The number of unbranched alkanes of at least 4 members (excludes halogenated alkanes) is 16. The minimum Gasteiger partial charge on any atom is -0.463 e. The van der Waals surface area contributed by atoms with Gasteiger partial charge in [0.2, 0.25) is 0 Å². The zero-order valence-electron chi connectivity index (χ0n) is 29.8. The number of hydrogen-bond donors (Lipinski definition) is 3. The topological polar surface area (TPSA) is 113 Å². The molecule has 0 amide bonds. The maximum absolute atomic E-state index is 11.9. The molecule has 7 nitrogen and oxygen atoms in total. The van der Waals surface area contributed by atoms with Crippen LogP contribution in [-0.2, 0) is 19.1 Å². The second-order valence-corrected chi connectivity index (χ2v) is 13.1. The molecule has 3 N–H and O–H groups in total. The summed E-state index contributed by atoms with van der Waals surface area (Å²) in [5.74, 6) is -0.653. The standard InChI is InChI=1S/C39H72O7/c1-3-5-7-21-27-35(40)29-23-17-13-9-11-15-19-25-31-38(43)45-33-37(42)34-46-39(44)32-26-20-16-12-10-14-18-24-30-36(41)28-22-8-6-4-2/h17-18,23-24,35-37,40-42H,3-16,19-22,25-34H2,1-2H3/b23-17-,24-18+/t35-,36-,37?/m1/s1. The van der Waals surface area contributed by atoms with Crippen LogP contribution in [0.25, 0.3) is 0 Å². The van der Waals surface area contributed by atoms with Crippen LogP contribution in [0.15, 0.2) is 24.3 Å². The predicted molar refractivity (Wildman–Crippen MR) is 190 cm³/mol. The monoisotopic (exact) mass is 653 g/mol. The van der Waals surface area contributed by atoms with Crippen molar-refractivity contribution < 1.29 is 34.4 Å². The largest absolute Gasteiger partial charge is 0.463 e. The SMILES string of the molecule is CCCCCC[C@@H](O)C/C=C\CCCCCCCC(=O)OCC(O)COC(=O)CCCCCCC/C=C/C[C@H](O)CCCCCC. The van der Waals surface area contributed by atoms with Gasteiger partial charge in [-0.15, -0.1) is 0 Å². The van der Waals surface area contributed by atoms with E-state index in [-0.39, 0.29) is 37.4 Å². The number of carbonyl (C=O) groups is 2. The van der Waals surface area contributed by atoms with Gasteiger partial charge in [0.05, 0.1) is 12.2 Å². The third-order valence-electron chi connectivity index (χ3n) is 8.31. The van der Waals surface area contributed by atoms with E-state index in [1.54, 1.807) is 0 Å². The average molecular weight is 653 g/mol.